The molecule has 248 valence electrons. The van der Waals surface area contributed by atoms with Gasteiger partial charge in [-0.2, -0.15) is 5.10 Å². The summed E-state index contributed by atoms with van der Waals surface area (Å²) in [6.45, 7) is 4.03. The number of halogens is 1. The molecule has 0 unspecified atom stereocenters. The Kier molecular flexibility index (Phi) is 11.5. The molecule has 5 rings (SSSR count). The summed E-state index contributed by atoms with van der Waals surface area (Å²) in [4.78, 5) is 22.8. The van der Waals surface area contributed by atoms with E-state index in [1.54, 1.807) is 50.6 Å². The molecule has 0 amide bonds. The molecule has 0 aliphatic heterocycles. The van der Waals surface area contributed by atoms with Gasteiger partial charge in [0.15, 0.2) is 0 Å². The summed E-state index contributed by atoms with van der Waals surface area (Å²) in [7, 11) is 6.76. The summed E-state index contributed by atoms with van der Waals surface area (Å²) in [6.07, 6.45) is 8.78. The van der Waals surface area contributed by atoms with Crippen LogP contribution in [-0.4, -0.2) is 63.7 Å². The van der Waals surface area contributed by atoms with Crippen molar-refractivity contribution >= 4 is 17.8 Å². The van der Waals surface area contributed by atoms with Crippen LogP contribution in [0.25, 0.3) is 33.6 Å². The van der Waals surface area contributed by atoms with Crippen molar-refractivity contribution in [1.29, 1.82) is 0 Å². The smallest absolute Gasteiger partial charge is 0.237 e. The fraction of sp³-hybridized carbons (Fsp3) is 0.257. The summed E-state index contributed by atoms with van der Waals surface area (Å²) in [5, 5.41) is 11.6. The topological polar surface area (TPSA) is 150 Å². The van der Waals surface area contributed by atoms with E-state index in [9.17, 15) is 0 Å². The summed E-state index contributed by atoms with van der Waals surface area (Å²) in [5.74, 6) is 0.864. The van der Waals surface area contributed by atoms with Gasteiger partial charge in [0.2, 0.25) is 11.8 Å². The van der Waals surface area contributed by atoms with Gasteiger partial charge in [0.05, 0.1) is 48.7 Å². The Labute approximate surface area is 285 Å². The SMILES string of the molecule is CN=CC=C(N)CNCc1ncc(-c2cccc(-c3cccc(-c4cnc(CNCc5ccn(C)n5)c(OC)n4)c3C)c2Cl)nc1OC. The molecule has 0 fully saturated rings. The molecule has 12 nitrogen and oxygen atoms in total. The van der Waals surface area contributed by atoms with Crippen molar-refractivity contribution in [2.45, 2.75) is 26.6 Å². The minimum atomic E-state index is 0.403. The van der Waals surface area contributed by atoms with E-state index in [4.69, 9.17) is 41.8 Å². The second-order valence-electron chi connectivity index (χ2n) is 10.9. The molecule has 3 aromatic heterocycles. The van der Waals surface area contributed by atoms with Crippen LogP contribution in [0.2, 0.25) is 5.02 Å². The minimum absolute atomic E-state index is 0.403. The molecule has 3 heterocycles. The predicted octanol–water partition coefficient (Wildman–Crippen LogP) is 4.90. The molecule has 4 N–H and O–H groups in total. The normalized spacial score (nSPS) is 11.8. The molecule has 0 saturated carbocycles. The van der Waals surface area contributed by atoms with Gasteiger partial charge in [-0.05, 0) is 30.2 Å². The lowest BCUT2D eigenvalue weighted by Crippen LogP contribution is -2.21. The van der Waals surface area contributed by atoms with Crippen LogP contribution in [0, 0.1) is 6.92 Å². The average Bonchev–Trinajstić information content (AvgIpc) is 3.52. The van der Waals surface area contributed by atoms with E-state index >= 15 is 0 Å². The van der Waals surface area contributed by atoms with E-state index in [1.165, 1.54) is 0 Å². The number of aromatic nitrogens is 6. The summed E-state index contributed by atoms with van der Waals surface area (Å²) in [5.41, 5.74) is 14.7. The third-order valence-corrected chi connectivity index (χ3v) is 8.02. The molecule has 0 saturated heterocycles. The van der Waals surface area contributed by atoms with Crippen molar-refractivity contribution in [2.24, 2.45) is 17.8 Å². The zero-order chi connectivity index (χ0) is 34.0. The van der Waals surface area contributed by atoms with Crippen molar-refractivity contribution in [3.8, 4) is 45.4 Å². The number of aliphatic imine (C=N–C) groups is 1. The Balaban J connectivity index is 1.37. The number of hydrogen-bond donors (Lipinski definition) is 3. The van der Waals surface area contributed by atoms with E-state index in [0.29, 0.717) is 71.4 Å². The van der Waals surface area contributed by atoms with Crippen LogP contribution in [0.1, 0.15) is 22.6 Å². The number of aryl methyl sites for hydroxylation is 1. The van der Waals surface area contributed by atoms with Gasteiger partial charge in [0.25, 0.3) is 0 Å². The number of nitrogens with two attached hydrogens (primary N) is 1. The van der Waals surface area contributed by atoms with E-state index < -0.39 is 0 Å². The quantitative estimate of drug-likeness (QED) is 0.140. The van der Waals surface area contributed by atoms with Gasteiger partial charge in [0.1, 0.15) is 11.4 Å². The molecule has 0 bridgehead atoms. The summed E-state index contributed by atoms with van der Waals surface area (Å²) >= 11 is 7.09. The first-order valence-corrected chi connectivity index (χ1v) is 15.7. The highest BCUT2D eigenvalue weighted by Gasteiger charge is 2.18. The highest BCUT2D eigenvalue weighted by Crippen LogP contribution is 2.39. The van der Waals surface area contributed by atoms with Crippen molar-refractivity contribution < 1.29 is 9.47 Å². The molecule has 13 heteroatoms. The molecule has 5 aromatic rings. The maximum atomic E-state index is 7.09. The van der Waals surface area contributed by atoms with Gasteiger partial charge in [-0.1, -0.05) is 48.0 Å². The first-order valence-electron chi connectivity index (χ1n) is 15.3. The zero-order valence-electron chi connectivity index (χ0n) is 27.7. The largest absolute Gasteiger partial charge is 0.480 e. The fourth-order valence-electron chi connectivity index (χ4n) is 5.19. The van der Waals surface area contributed by atoms with Gasteiger partial charge in [-0.3, -0.25) is 19.6 Å². The molecule has 0 atom stereocenters. The molecule has 0 radical (unpaired) electrons. The van der Waals surface area contributed by atoms with Crippen molar-refractivity contribution in [3.05, 3.63) is 100 Å². The lowest BCUT2D eigenvalue weighted by Gasteiger charge is -2.16. The maximum Gasteiger partial charge on any atom is 0.237 e. The third-order valence-electron chi connectivity index (χ3n) is 7.61. The lowest BCUT2D eigenvalue weighted by atomic mass is 9.93. The number of methoxy groups -OCH3 is 2. The summed E-state index contributed by atoms with van der Waals surface area (Å²) in [6, 6.07) is 13.9. The number of nitrogens with one attached hydrogen (secondary N) is 2. The Morgan fingerprint density at radius 1 is 0.875 bits per heavy atom. The van der Waals surface area contributed by atoms with Crippen LogP contribution in [0.4, 0.5) is 0 Å². The monoisotopic (exact) mass is 666 g/mol. The van der Waals surface area contributed by atoms with Crippen LogP contribution in [0.15, 0.2) is 77.8 Å². The number of nitrogens with zero attached hydrogens (tertiary/aromatic N) is 7. The van der Waals surface area contributed by atoms with Crippen molar-refractivity contribution in [3.63, 3.8) is 0 Å². The van der Waals surface area contributed by atoms with E-state index in [2.05, 4.69) is 25.7 Å². The Morgan fingerprint density at radius 3 is 2.10 bits per heavy atom. The van der Waals surface area contributed by atoms with Crippen molar-refractivity contribution in [1.82, 2.24) is 40.3 Å². The molecular weight excluding hydrogens is 628 g/mol. The Morgan fingerprint density at radius 2 is 1.48 bits per heavy atom. The molecule has 0 aliphatic carbocycles. The standard InChI is InChI=1S/C35H39ClN10O2/c1-22-25(8-6-9-26(22)29-20-41-32(34(43-29)47-4)19-40-17-24-13-15-46(3)45-24)27-10-7-11-28(33(27)36)30-21-42-31(35(44-30)48-5)18-39-16-23(37)12-14-38-2/h6-15,20-21,39-40H,16-19,37H2,1-5H3. The Hall–Kier alpha value is -5.17. The van der Waals surface area contributed by atoms with E-state index in [0.717, 1.165) is 33.5 Å². The minimum Gasteiger partial charge on any atom is -0.480 e. The maximum absolute atomic E-state index is 7.09. The van der Waals surface area contributed by atoms with Gasteiger partial charge < -0.3 is 25.8 Å². The summed E-state index contributed by atoms with van der Waals surface area (Å²) < 4.78 is 13.0. The highest BCUT2D eigenvalue weighted by atomic mass is 35.5. The highest BCUT2D eigenvalue weighted by molar-refractivity contribution is 6.36. The Bertz CT molecular complexity index is 1940. The van der Waals surface area contributed by atoms with Crippen LogP contribution in [0.5, 0.6) is 11.8 Å². The molecule has 0 spiro atoms. The second kappa shape index (κ2) is 16.1. The number of hydrogen-bond acceptors (Lipinski definition) is 11. The fourth-order valence-corrected chi connectivity index (χ4v) is 5.51. The van der Waals surface area contributed by atoms with Gasteiger partial charge in [0, 0.05) is 75.1 Å². The van der Waals surface area contributed by atoms with E-state index in [1.807, 2.05) is 62.6 Å². The van der Waals surface area contributed by atoms with Crippen LogP contribution >= 0.6 is 11.6 Å². The van der Waals surface area contributed by atoms with E-state index in [-0.39, 0.29) is 0 Å². The van der Waals surface area contributed by atoms with Crippen LogP contribution in [-0.2, 0) is 26.7 Å². The number of ether oxygens (including phenoxy) is 2. The average molecular weight is 667 g/mol. The van der Waals surface area contributed by atoms with Crippen LogP contribution in [0.3, 0.4) is 0 Å². The van der Waals surface area contributed by atoms with Crippen LogP contribution < -0.4 is 25.8 Å². The molecular formula is C35H39ClN10O2. The second-order valence-corrected chi connectivity index (χ2v) is 11.3. The molecule has 0 aliphatic rings. The lowest BCUT2D eigenvalue weighted by molar-refractivity contribution is 0.387. The predicted molar refractivity (Wildman–Crippen MR) is 189 cm³/mol. The number of rotatable bonds is 14. The molecule has 48 heavy (non-hydrogen) atoms. The zero-order valence-corrected chi connectivity index (χ0v) is 28.4. The first-order chi connectivity index (χ1) is 23.3. The molecule has 2 aromatic carbocycles. The van der Waals surface area contributed by atoms with Crippen molar-refractivity contribution in [2.75, 3.05) is 27.8 Å². The number of allylic oxidation sites excluding steroid dienone is 1. The van der Waals surface area contributed by atoms with Gasteiger partial charge in [-0.25, -0.2) is 9.97 Å². The number of benzene rings is 2. The van der Waals surface area contributed by atoms with Gasteiger partial charge in [-0.15, -0.1) is 0 Å². The first kappa shape index (κ1) is 34.2. The van der Waals surface area contributed by atoms with Gasteiger partial charge >= 0.3 is 0 Å². The third kappa shape index (κ3) is 8.03.